The van der Waals surface area contributed by atoms with Crippen LogP contribution in [0.25, 0.3) is 0 Å². The number of nitrogens with one attached hydrogen (secondary N) is 1. The molecule has 1 aromatic rings. The maximum absolute atomic E-state index is 11.2. The molecule has 3 N–H and O–H groups in total. The summed E-state index contributed by atoms with van der Waals surface area (Å²) in [6, 6.07) is 4.70. The van der Waals surface area contributed by atoms with Crippen LogP contribution in [0.1, 0.15) is 10.4 Å². The molecule has 0 aliphatic heterocycles. The van der Waals surface area contributed by atoms with Crippen LogP contribution in [0.2, 0.25) is 5.02 Å². The maximum Gasteiger partial charge on any atom is 0.267 e. The summed E-state index contributed by atoms with van der Waals surface area (Å²) in [6.07, 6.45) is 0. The number of nitrogens with two attached hydrogens (primary N) is 1. The van der Waals surface area contributed by atoms with E-state index in [9.17, 15) is 4.79 Å². The number of amides is 1. The van der Waals surface area contributed by atoms with Gasteiger partial charge < -0.3 is 0 Å². The molecule has 0 radical (unpaired) electrons. The van der Waals surface area contributed by atoms with E-state index in [0.29, 0.717) is 16.3 Å². The van der Waals surface area contributed by atoms with E-state index in [0.717, 1.165) is 0 Å². The Morgan fingerprint density at radius 3 is 2.85 bits per heavy atom. The Kier molecular flexibility index (Phi) is 3.00. The SMILES string of the molecule is C=Nc1ccc(Cl)cc1C(=O)NN. The molecular weight excluding hydrogens is 190 g/mol. The molecule has 4 nitrogen and oxygen atoms in total. The molecule has 13 heavy (non-hydrogen) atoms. The number of carbonyl (C=O) groups excluding carboxylic acids is 1. The predicted octanol–water partition coefficient (Wildman–Crippen LogP) is 1.28. The summed E-state index contributed by atoms with van der Waals surface area (Å²) in [5.74, 6) is 4.53. The van der Waals surface area contributed by atoms with E-state index in [4.69, 9.17) is 17.4 Å². The number of carbonyl (C=O) groups is 1. The molecule has 0 aromatic heterocycles. The average Bonchev–Trinajstić information content (AvgIpc) is 2.16. The predicted molar refractivity (Wildman–Crippen MR) is 52.3 cm³/mol. The van der Waals surface area contributed by atoms with Crippen molar-refractivity contribution < 1.29 is 4.79 Å². The lowest BCUT2D eigenvalue weighted by Crippen LogP contribution is -2.30. The Balaban J connectivity index is 3.23. The summed E-state index contributed by atoms with van der Waals surface area (Å²) in [5, 5.41) is 0.450. The topological polar surface area (TPSA) is 67.5 Å². The van der Waals surface area contributed by atoms with E-state index >= 15 is 0 Å². The van der Waals surface area contributed by atoms with E-state index in [1.807, 2.05) is 5.43 Å². The molecule has 0 atom stereocenters. The van der Waals surface area contributed by atoms with Crippen molar-refractivity contribution in [3.8, 4) is 0 Å². The normalized spacial score (nSPS) is 9.38. The Labute approximate surface area is 80.4 Å². The fraction of sp³-hybridized carbons (Fsp3) is 0. The number of nitrogens with zero attached hydrogens (tertiary/aromatic N) is 1. The zero-order valence-corrected chi connectivity index (χ0v) is 7.51. The molecular formula is C8H8ClN3O. The van der Waals surface area contributed by atoms with Crippen LogP contribution < -0.4 is 11.3 Å². The van der Waals surface area contributed by atoms with Gasteiger partial charge in [0.2, 0.25) is 0 Å². The third-order valence-corrected chi connectivity index (χ3v) is 1.74. The van der Waals surface area contributed by atoms with E-state index in [1.54, 1.807) is 12.1 Å². The van der Waals surface area contributed by atoms with Gasteiger partial charge in [-0.1, -0.05) is 11.6 Å². The number of hydrazine groups is 1. The molecule has 0 heterocycles. The summed E-state index contributed by atoms with van der Waals surface area (Å²) < 4.78 is 0. The largest absolute Gasteiger partial charge is 0.290 e. The van der Waals surface area contributed by atoms with Gasteiger partial charge in [0.25, 0.3) is 5.91 Å². The monoisotopic (exact) mass is 197 g/mol. The van der Waals surface area contributed by atoms with Gasteiger partial charge in [-0.3, -0.25) is 15.2 Å². The molecule has 68 valence electrons. The third-order valence-electron chi connectivity index (χ3n) is 1.50. The molecule has 5 heteroatoms. The van der Waals surface area contributed by atoms with Gasteiger partial charge in [0.1, 0.15) is 0 Å². The standard InChI is InChI=1S/C8H8ClN3O/c1-11-7-3-2-5(9)4-6(7)8(13)12-10/h2-4H,1,10H2,(H,12,13). The lowest BCUT2D eigenvalue weighted by Gasteiger charge is -2.03. The molecule has 0 saturated carbocycles. The summed E-state index contributed by atoms with van der Waals surface area (Å²) in [7, 11) is 0. The number of rotatable bonds is 2. The van der Waals surface area contributed by atoms with Crippen molar-refractivity contribution >= 4 is 29.9 Å². The molecule has 0 aliphatic rings. The number of hydrogen-bond acceptors (Lipinski definition) is 3. The van der Waals surface area contributed by atoms with Crippen LogP contribution in [-0.4, -0.2) is 12.6 Å². The lowest BCUT2D eigenvalue weighted by atomic mass is 10.2. The van der Waals surface area contributed by atoms with Crippen LogP contribution in [0.5, 0.6) is 0 Å². The van der Waals surface area contributed by atoms with Crippen molar-refractivity contribution in [2.45, 2.75) is 0 Å². The first-order chi connectivity index (χ1) is 6.19. The number of halogens is 1. The highest BCUT2D eigenvalue weighted by Crippen LogP contribution is 2.22. The van der Waals surface area contributed by atoms with E-state index in [-0.39, 0.29) is 0 Å². The van der Waals surface area contributed by atoms with Crippen LogP contribution in [0, 0.1) is 0 Å². The molecule has 0 spiro atoms. The number of benzene rings is 1. The van der Waals surface area contributed by atoms with Gasteiger partial charge in [-0.2, -0.15) is 0 Å². The van der Waals surface area contributed by atoms with Crippen LogP contribution >= 0.6 is 11.6 Å². The average molecular weight is 198 g/mol. The minimum atomic E-state index is -0.440. The summed E-state index contributed by atoms with van der Waals surface area (Å²) in [5.41, 5.74) is 2.76. The van der Waals surface area contributed by atoms with Gasteiger partial charge in [0.15, 0.2) is 0 Å². The van der Waals surface area contributed by atoms with Crippen molar-refractivity contribution in [2.75, 3.05) is 0 Å². The summed E-state index contributed by atoms with van der Waals surface area (Å²) >= 11 is 5.69. The fourth-order valence-electron chi connectivity index (χ4n) is 0.906. The molecule has 0 aliphatic carbocycles. The molecule has 0 saturated heterocycles. The molecule has 0 fully saturated rings. The smallest absolute Gasteiger partial charge is 0.267 e. The second kappa shape index (κ2) is 4.02. The molecule has 1 rings (SSSR count). The van der Waals surface area contributed by atoms with Gasteiger partial charge in [-0.05, 0) is 24.9 Å². The fourth-order valence-corrected chi connectivity index (χ4v) is 1.08. The number of nitrogen functional groups attached to an aromatic ring is 1. The molecule has 1 amide bonds. The molecule has 1 aromatic carbocycles. The maximum atomic E-state index is 11.2. The minimum absolute atomic E-state index is 0.310. The van der Waals surface area contributed by atoms with Gasteiger partial charge in [-0.25, -0.2) is 5.84 Å². The molecule has 0 bridgehead atoms. The van der Waals surface area contributed by atoms with Gasteiger partial charge >= 0.3 is 0 Å². The lowest BCUT2D eigenvalue weighted by molar-refractivity contribution is 0.0954. The Bertz CT molecular complexity index is 351. The van der Waals surface area contributed by atoms with Crippen LogP contribution in [-0.2, 0) is 0 Å². The highest BCUT2D eigenvalue weighted by Gasteiger charge is 2.09. The third kappa shape index (κ3) is 2.05. The van der Waals surface area contributed by atoms with E-state index < -0.39 is 5.91 Å². The Morgan fingerprint density at radius 2 is 2.31 bits per heavy atom. The number of aliphatic imine (C=N–C) groups is 1. The highest BCUT2D eigenvalue weighted by atomic mass is 35.5. The Hall–Kier alpha value is -1.39. The van der Waals surface area contributed by atoms with Crippen LogP contribution in [0.15, 0.2) is 23.2 Å². The zero-order valence-electron chi connectivity index (χ0n) is 6.75. The van der Waals surface area contributed by atoms with Gasteiger partial charge in [-0.15, -0.1) is 0 Å². The van der Waals surface area contributed by atoms with Crippen molar-refractivity contribution in [3.63, 3.8) is 0 Å². The second-order valence-corrected chi connectivity index (χ2v) is 2.73. The van der Waals surface area contributed by atoms with Crippen molar-refractivity contribution in [2.24, 2.45) is 10.8 Å². The van der Waals surface area contributed by atoms with Crippen molar-refractivity contribution in [3.05, 3.63) is 28.8 Å². The zero-order chi connectivity index (χ0) is 9.84. The first-order valence-electron chi connectivity index (χ1n) is 3.46. The van der Waals surface area contributed by atoms with E-state index in [1.165, 1.54) is 6.07 Å². The summed E-state index contributed by atoms with van der Waals surface area (Å²) in [4.78, 5) is 14.8. The Morgan fingerprint density at radius 1 is 1.62 bits per heavy atom. The van der Waals surface area contributed by atoms with Crippen molar-refractivity contribution in [1.29, 1.82) is 0 Å². The van der Waals surface area contributed by atoms with E-state index in [2.05, 4.69) is 11.7 Å². The van der Waals surface area contributed by atoms with Crippen LogP contribution in [0.3, 0.4) is 0 Å². The molecule has 0 unspecified atom stereocenters. The first-order valence-corrected chi connectivity index (χ1v) is 3.84. The first kappa shape index (κ1) is 9.70. The number of hydrogen-bond donors (Lipinski definition) is 2. The van der Waals surface area contributed by atoms with Gasteiger partial charge in [0, 0.05) is 5.02 Å². The van der Waals surface area contributed by atoms with Crippen LogP contribution in [0.4, 0.5) is 5.69 Å². The second-order valence-electron chi connectivity index (χ2n) is 2.29. The minimum Gasteiger partial charge on any atom is -0.290 e. The quantitative estimate of drug-likeness (QED) is 0.325. The van der Waals surface area contributed by atoms with Gasteiger partial charge in [0.05, 0.1) is 11.3 Å². The summed E-state index contributed by atoms with van der Waals surface area (Å²) in [6.45, 7) is 3.32. The highest BCUT2D eigenvalue weighted by molar-refractivity contribution is 6.31. The van der Waals surface area contributed by atoms with Crippen molar-refractivity contribution in [1.82, 2.24) is 5.43 Å².